The van der Waals surface area contributed by atoms with Crippen LogP contribution in [0.15, 0.2) is 29.6 Å². The van der Waals surface area contributed by atoms with Crippen molar-refractivity contribution >= 4 is 34.0 Å². The second-order valence-corrected chi connectivity index (χ2v) is 8.37. The standard InChI is InChI=1S/C21H26N4O3S/c1-28-17-8-6-16(7-9-17)22-21-23-18(14-29-21)20(27)25-12-4-5-15(13-25)19(26)24-10-2-3-11-24/h6-9,14-15H,2-5,10-13H2,1H3,(H,22,23). The third kappa shape index (κ3) is 4.53. The number of carbonyl (C=O) groups is 2. The first-order chi connectivity index (χ1) is 14.1. The first kappa shape index (κ1) is 19.7. The van der Waals surface area contributed by atoms with Crippen molar-refractivity contribution in [2.45, 2.75) is 25.7 Å². The second-order valence-electron chi connectivity index (χ2n) is 7.51. The van der Waals surface area contributed by atoms with Gasteiger partial charge in [-0.3, -0.25) is 9.59 Å². The van der Waals surface area contributed by atoms with E-state index in [1.54, 1.807) is 17.4 Å². The average Bonchev–Trinajstić information content (AvgIpc) is 3.46. The normalized spacial score (nSPS) is 19.3. The lowest BCUT2D eigenvalue weighted by Crippen LogP contribution is -2.46. The minimum atomic E-state index is -0.0945. The first-order valence-corrected chi connectivity index (χ1v) is 11.0. The molecule has 0 bridgehead atoms. The van der Waals surface area contributed by atoms with Crippen molar-refractivity contribution in [3.63, 3.8) is 0 Å². The number of carbonyl (C=O) groups excluding carboxylic acids is 2. The molecule has 2 saturated heterocycles. The van der Waals surface area contributed by atoms with E-state index in [4.69, 9.17) is 4.74 Å². The van der Waals surface area contributed by atoms with Gasteiger partial charge >= 0.3 is 0 Å². The SMILES string of the molecule is COc1ccc(Nc2nc(C(=O)N3CCCC(C(=O)N4CCCC4)C3)cs2)cc1. The monoisotopic (exact) mass is 414 g/mol. The average molecular weight is 415 g/mol. The highest BCUT2D eigenvalue weighted by atomic mass is 32.1. The van der Waals surface area contributed by atoms with Crippen LogP contribution in [0, 0.1) is 5.92 Å². The van der Waals surface area contributed by atoms with E-state index in [2.05, 4.69) is 10.3 Å². The fraction of sp³-hybridized carbons (Fsp3) is 0.476. The van der Waals surface area contributed by atoms with Gasteiger partial charge < -0.3 is 19.9 Å². The second kappa shape index (κ2) is 8.82. The van der Waals surface area contributed by atoms with E-state index in [1.165, 1.54) is 11.3 Å². The number of ether oxygens (including phenoxy) is 1. The lowest BCUT2D eigenvalue weighted by molar-refractivity contribution is -0.135. The number of amides is 2. The lowest BCUT2D eigenvalue weighted by atomic mass is 9.96. The summed E-state index contributed by atoms with van der Waals surface area (Å²) in [5.41, 5.74) is 1.31. The molecule has 154 valence electrons. The van der Waals surface area contributed by atoms with Gasteiger partial charge in [0, 0.05) is 37.2 Å². The van der Waals surface area contributed by atoms with Gasteiger partial charge in [0.25, 0.3) is 5.91 Å². The number of piperidine rings is 1. The largest absolute Gasteiger partial charge is 0.497 e. The summed E-state index contributed by atoms with van der Waals surface area (Å²) in [4.78, 5) is 33.9. The van der Waals surface area contributed by atoms with Gasteiger partial charge in [-0.1, -0.05) is 0 Å². The highest BCUT2D eigenvalue weighted by Gasteiger charge is 2.33. The molecule has 1 atom stereocenters. The van der Waals surface area contributed by atoms with Crippen LogP contribution in [0.25, 0.3) is 0 Å². The van der Waals surface area contributed by atoms with Gasteiger partial charge in [-0.2, -0.15) is 0 Å². The predicted molar refractivity (Wildman–Crippen MR) is 113 cm³/mol. The number of methoxy groups -OCH3 is 1. The van der Waals surface area contributed by atoms with Gasteiger partial charge in [0.15, 0.2) is 5.13 Å². The third-order valence-electron chi connectivity index (χ3n) is 5.54. The summed E-state index contributed by atoms with van der Waals surface area (Å²) in [6.07, 6.45) is 3.89. The maximum absolute atomic E-state index is 12.9. The smallest absolute Gasteiger partial charge is 0.273 e. The van der Waals surface area contributed by atoms with Crippen LogP contribution < -0.4 is 10.1 Å². The Bertz CT molecular complexity index is 861. The number of aromatic nitrogens is 1. The van der Waals surface area contributed by atoms with Crippen LogP contribution in [-0.2, 0) is 4.79 Å². The molecule has 4 rings (SSSR count). The number of hydrogen-bond acceptors (Lipinski definition) is 6. The van der Waals surface area contributed by atoms with Crippen LogP contribution in [0.1, 0.15) is 36.2 Å². The first-order valence-electron chi connectivity index (χ1n) is 10.1. The quantitative estimate of drug-likeness (QED) is 0.812. The Kier molecular flexibility index (Phi) is 5.99. The number of thiazole rings is 1. The molecular weight excluding hydrogens is 388 g/mol. The molecule has 3 heterocycles. The van der Waals surface area contributed by atoms with E-state index >= 15 is 0 Å². The molecule has 1 N–H and O–H groups in total. The number of likely N-dealkylation sites (tertiary alicyclic amines) is 2. The Labute approximate surface area is 174 Å². The van der Waals surface area contributed by atoms with Crippen LogP contribution in [0.5, 0.6) is 5.75 Å². The van der Waals surface area contributed by atoms with Crippen molar-refractivity contribution in [2.75, 3.05) is 38.6 Å². The number of anilines is 2. The number of rotatable bonds is 5. The number of hydrogen-bond donors (Lipinski definition) is 1. The van der Waals surface area contributed by atoms with Gasteiger partial charge in [0.2, 0.25) is 5.91 Å². The van der Waals surface area contributed by atoms with Crippen molar-refractivity contribution in [3.05, 3.63) is 35.3 Å². The zero-order valence-electron chi connectivity index (χ0n) is 16.6. The lowest BCUT2D eigenvalue weighted by Gasteiger charge is -2.33. The van der Waals surface area contributed by atoms with Gasteiger partial charge in [-0.15, -0.1) is 11.3 Å². The summed E-state index contributed by atoms with van der Waals surface area (Å²) in [7, 11) is 1.63. The number of nitrogens with zero attached hydrogens (tertiary/aromatic N) is 3. The molecule has 1 unspecified atom stereocenters. The Hall–Kier alpha value is -2.61. The molecule has 0 radical (unpaired) electrons. The summed E-state index contributed by atoms with van der Waals surface area (Å²) in [6, 6.07) is 7.54. The van der Waals surface area contributed by atoms with E-state index in [9.17, 15) is 9.59 Å². The zero-order chi connectivity index (χ0) is 20.2. The van der Waals surface area contributed by atoms with Crippen LogP contribution in [-0.4, -0.2) is 59.9 Å². The Morgan fingerprint density at radius 2 is 1.83 bits per heavy atom. The minimum absolute atomic E-state index is 0.0821. The van der Waals surface area contributed by atoms with Crippen molar-refractivity contribution in [3.8, 4) is 5.75 Å². The number of benzene rings is 1. The molecule has 0 saturated carbocycles. The molecule has 2 amide bonds. The maximum atomic E-state index is 12.9. The summed E-state index contributed by atoms with van der Waals surface area (Å²) in [6.45, 7) is 2.89. The molecule has 29 heavy (non-hydrogen) atoms. The van der Waals surface area contributed by atoms with Gasteiger partial charge in [-0.05, 0) is 49.9 Å². The number of nitrogens with one attached hydrogen (secondary N) is 1. The summed E-state index contributed by atoms with van der Waals surface area (Å²) in [5, 5.41) is 5.66. The fourth-order valence-electron chi connectivity index (χ4n) is 3.95. The van der Waals surface area contributed by atoms with Gasteiger partial charge in [-0.25, -0.2) is 4.98 Å². The minimum Gasteiger partial charge on any atom is -0.497 e. The van der Waals surface area contributed by atoms with E-state index in [0.717, 1.165) is 50.2 Å². The molecule has 1 aromatic heterocycles. The molecule has 1 aromatic carbocycles. The van der Waals surface area contributed by atoms with Crippen LogP contribution in [0.4, 0.5) is 10.8 Å². The molecule has 8 heteroatoms. The zero-order valence-corrected chi connectivity index (χ0v) is 17.4. The van der Waals surface area contributed by atoms with E-state index in [1.807, 2.05) is 29.2 Å². The van der Waals surface area contributed by atoms with Crippen molar-refractivity contribution in [1.29, 1.82) is 0 Å². The molecule has 2 fully saturated rings. The Morgan fingerprint density at radius 3 is 2.55 bits per heavy atom. The molecule has 2 aromatic rings. The predicted octanol–water partition coefficient (Wildman–Crippen LogP) is 3.37. The molecule has 2 aliphatic rings. The third-order valence-corrected chi connectivity index (χ3v) is 6.30. The fourth-order valence-corrected chi connectivity index (χ4v) is 4.65. The highest BCUT2D eigenvalue weighted by Crippen LogP contribution is 2.26. The van der Waals surface area contributed by atoms with Gasteiger partial charge in [0.05, 0.1) is 13.0 Å². The summed E-state index contributed by atoms with van der Waals surface area (Å²) < 4.78 is 5.16. The van der Waals surface area contributed by atoms with Crippen LogP contribution in [0.3, 0.4) is 0 Å². The topological polar surface area (TPSA) is 74.8 Å². The molecule has 0 spiro atoms. The Balaban J connectivity index is 1.38. The van der Waals surface area contributed by atoms with Gasteiger partial charge in [0.1, 0.15) is 11.4 Å². The van der Waals surface area contributed by atoms with Crippen LogP contribution >= 0.6 is 11.3 Å². The summed E-state index contributed by atoms with van der Waals surface area (Å²) in [5.74, 6) is 0.818. The van der Waals surface area contributed by atoms with E-state index in [0.29, 0.717) is 23.9 Å². The van der Waals surface area contributed by atoms with E-state index < -0.39 is 0 Å². The maximum Gasteiger partial charge on any atom is 0.273 e. The van der Waals surface area contributed by atoms with E-state index in [-0.39, 0.29) is 17.7 Å². The highest BCUT2D eigenvalue weighted by molar-refractivity contribution is 7.14. The van der Waals surface area contributed by atoms with Crippen molar-refractivity contribution < 1.29 is 14.3 Å². The molecular formula is C21H26N4O3S. The molecule has 0 aliphatic carbocycles. The van der Waals surface area contributed by atoms with Crippen molar-refractivity contribution in [1.82, 2.24) is 14.8 Å². The van der Waals surface area contributed by atoms with Crippen LogP contribution in [0.2, 0.25) is 0 Å². The summed E-state index contributed by atoms with van der Waals surface area (Å²) >= 11 is 1.40. The molecule has 7 nitrogen and oxygen atoms in total. The molecule has 2 aliphatic heterocycles. The Morgan fingerprint density at radius 1 is 1.10 bits per heavy atom. The van der Waals surface area contributed by atoms with Crippen molar-refractivity contribution in [2.24, 2.45) is 5.92 Å².